The molecule has 0 spiro atoms. The van der Waals surface area contributed by atoms with Crippen LogP contribution >= 0.6 is 7.60 Å². The Morgan fingerprint density at radius 3 is 2.20 bits per heavy atom. The molecule has 0 aliphatic rings. The van der Waals surface area contributed by atoms with Crippen molar-refractivity contribution in [2.45, 2.75) is 20.8 Å². The SMILES string of the molecule is CCOP(=O)(OCC)c1nc(-c2ccc(C)cc2)nc2ccccc12. The van der Waals surface area contributed by atoms with E-state index in [0.29, 0.717) is 22.2 Å². The van der Waals surface area contributed by atoms with Crippen LogP contribution in [0.15, 0.2) is 48.5 Å². The van der Waals surface area contributed by atoms with Crippen molar-refractivity contribution in [2.24, 2.45) is 0 Å². The summed E-state index contributed by atoms with van der Waals surface area (Å²) in [6.07, 6.45) is 0. The maximum atomic E-state index is 13.3. The van der Waals surface area contributed by atoms with Crippen LogP contribution in [0.1, 0.15) is 19.4 Å². The molecule has 0 N–H and O–H groups in total. The van der Waals surface area contributed by atoms with Crippen LogP contribution in [0, 0.1) is 6.92 Å². The molecular formula is C19H21N2O3P. The highest BCUT2D eigenvalue weighted by Crippen LogP contribution is 2.47. The van der Waals surface area contributed by atoms with Crippen LogP contribution in [0.25, 0.3) is 22.3 Å². The molecule has 0 aliphatic heterocycles. The van der Waals surface area contributed by atoms with Crippen LogP contribution in [-0.4, -0.2) is 23.2 Å². The highest BCUT2D eigenvalue weighted by Gasteiger charge is 2.31. The minimum atomic E-state index is -3.53. The number of benzene rings is 2. The Morgan fingerprint density at radius 1 is 0.920 bits per heavy atom. The largest absolute Gasteiger partial charge is 0.380 e. The van der Waals surface area contributed by atoms with Crippen molar-refractivity contribution in [3.63, 3.8) is 0 Å². The van der Waals surface area contributed by atoms with Gasteiger partial charge in [-0.05, 0) is 26.8 Å². The summed E-state index contributed by atoms with van der Waals surface area (Å²) in [5.41, 5.74) is 3.04. The summed E-state index contributed by atoms with van der Waals surface area (Å²) in [6.45, 7) is 6.14. The molecule has 0 saturated heterocycles. The molecule has 0 atom stereocenters. The molecule has 25 heavy (non-hydrogen) atoms. The molecular weight excluding hydrogens is 335 g/mol. The van der Waals surface area contributed by atoms with E-state index < -0.39 is 7.60 Å². The second-order valence-electron chi connectivity index (χ2n) is 5.59. The molecule has 0 bridgehead atoms. The maximum Gasteiger partial charge on any atom is 0.380 e. The van der Waals surface area contributed by atoms with Gasteiger partial charge in [-0.3, -0.25) is 4.57 Å². The first-order valence-electron chi connectivity index (χ1n) is 8.31. The number of fused-ring (bicyclic) bond motifs is 1. The van der Waals surface area contributed by atoms with E-state index in [-0.39, 0.29) is 13.2 Å². The second-order valence-corrected chi connectivity index (χ2v) is 7.52. The van der Waals surface area contributed by atoms with E-state index in [2.05, 4.69) is 9.97 Å². The third-order valence-electron chi connectivity index (χ3n) is 3.75. The number of para-hydroxylation sites is 1. The first kappa shape index (κ1) is 17.7. The number of rotatable bonds is 6. The van der Waals surface area contributed by atoms with Gasteiger partial charge in [0.25, 0.3) is 0 Å². The molecule has 0 aliphatic carbocycles. The second kappa shape index (κ2) is 7.44. The normalized spacial score (nSPS) is 11.8. The predicted molar refractivity (Wildman–Crippen MR) is 100 cm³/mol. The highest BCUT2D eigenvalue weighted by molar-refractivity contribution is 7.62. The molecule has 3 aromatic rings. The lowest BCUT2D eigenvalue weighted by molar-refractivity contribution is 0.229. The summed E-state index contributed by atoms with van der Waals surface area (Å²) >= 11 is 0. The van der Waals surface area contributed by atoms with Crippen molar-refractivity contribution in [3.05, 3.63) is 54.1 Å². The van der Waals surface area contributed by atoms with E-state index >= 15 is 0 Å². The number of hydrogen-bond donors (Lipinski definition) is 0. The minimum absolute atomic E-state index is 0.273. The van der Waals surface area contributed by atoms with Gasteiger partial charge in [0, 0.05) is 10.9 Å². The fourth-order valence-electron chi connectivity index (χ4n) is 2.60. The van der Waals surface area contributed by atoms with E-state index in [1.54, 1.807) is 13.8 Å². The van der Waals surface area contributed by atoms with Crippen LogP contribution in [0.3, 0.4) is 0 Å². The lowest BCUT2D eigenvalue weighted by atomic mass is 10.1. The van der Waals surface area contributed by atoms with Gasteiger partial charge in [-0.25, -0.2) is 9.97 Å². The molecule has 0 unspecified atom stereocenters. The Morgan fingerprint density at radius 2 is 1.56 bits per heavy atom. The van der Waals surface area contributed by atoms with Gasteiger partial charge in [0.15, 0.2) is 11.3 Å². The van der Waals surface area contributed by atoms with Gasteiger partial charge in [0.2, 0.25) is 0 Å². The van der Waals surface area contributed by atoms with E-state index in [1.165, 1.54) is 0 Å². The van der Waals surface area contributed by atoms with Gasteiger partial charge in [-0.15, -0.1) is 0 Å². The zero-order valence-corrected chi connectivity index (χ0v) is 15.5. The topological polar surface area (TPSA) is 61.3 Å². The predicted octanol–water partition coefficient (Wildman–Crippen LogP) is 4.50. The summed E-state index contributed by atoms with van der Waals surface area (Å²) in [6, 6.07) is 15.4. The lowest BCUT2D eigenvalue weighted by Gasteiger charge is -2.18. The summed E-state index contributed by atoms with van der Waals surface area (Å²) in [5.74, 6) is 0.508. The molecule has 0 radical (unpaired) electrons. The van der Waals surface area contributed by atoms with E-state index in [9.17, 15) is 4.57 Å². The van der Waals surface area contributed by atoms with Gasteiger partial charge in [0.1, 0.15) is 0 Å². The van der Waals surface area contributed by atoms with Gasteiger partial charge < -0.3 is 9.05 Å². The molecule has 130 valence electrons. The molecule has 3 rings (SSSR count). The average Bonchev–Trinajstić information content (AvgIpc) is 2.62. The van der Waals surface area contributed by atoms with E-state index in [1.807, 2.05) is 55.5 Å². The smallest absolute Gasteiger partial charge is 0.304 e. The Labute approximate surface area is 147 Å². The van der Waals surface area contributed by atoms with Crippen molar-refractivity contribution < 1.29 is 13.6 Å². The van der Waals surface area contributed by atoms with Crippen LogP contribution in [-0.2, 0) is 13.6 Å². The van der Waals surface area contributed by atoms with Crippen molar-refractivity contribution in [1.29, 1.82) is 0 Å². The fraction of sp³-hybridized carbons (Fsp3) is 0.263. The molecule has 5 nitrogen and oxygen atoms in total. The van der Waals surface area contributed by atoms with Crippen LogP contribution in [0.4, 0.5) is 0 Å². The Bertz CT molecular complexity index is 916. The van der Waals surface area contributed by atoms with Gasteiger partial charge in [-0.1, -0.05) is 48.0 Å². The maximum absolute atomic E-state index is 13.3. The minimum Gasteiger partial charge on any atom is -0.304 e. The summed E-state index contributed by atoms with van der Waals surface area (Å²) in [5, 5.41) is 0.684. The van der Waals surface area contributed by atoms with Crippen molar-refractivity contribution in [1.82, 2.24) is 9.97 Å². The third kappa shape index (κ3) is 3.64. The third-order valence-corrected chi connectivity index (χ3v) is 5.81. The fourth-order valence-corrected chi connectivity index (χ4v) is 4.30. The van der Waals surface area contributed by atoms with Crippen molar-refractivity contribution in [2.75, 3.05) is 13.2 Å². The molecule has 0 fully saturated rings. The molecule has 0 amide bonds. The molecule has 2 aromatic carbocycles. The Hall–Kier alpha value is -2.07. The first-order chi connectivity index (χ1) is 12.1. The lowest BCUT2D eigenvalue weighted by Crippen LogP contribution is -2.17. The Balaban J connectivity index is 2.25. The highest BCUT2D eigenvalue weighted by atomic mass is 31.2. The van der Waals surface area contributed by atoms with Crippen LogP contribution in [0.2, 0.25) is 0 Å². The van der Waals surface area contributed by atoms with Gasteiger partial charge in [0.05, 0.1) is 18.7 Å². The standard InChI is InChI=1S/C19H21N2O3P/c1-4-23-25(22,24-5-2)19-16-8-6-7-9-17(16)20-18(21-19)15-12-10-14(3)11-13-15/h6-13H,4-5H2,1-3H3. The molecule has 6 heteroatoms. The average molecular weight is 356 g/mol. The summed E-state index contributed by atoms with van der Waals surface area (Å²) < 4.78 is 24.4. The van der Waals surface area contributed by atoms with Crippen molar-refractivity contribution in [3.8, 4) is 11.4 Å². The van der Waals surface area contributed by atoms with Gasteiger partial charge in [-0.2, -0.15) is 0 Å². The number of nitrogens with zero attached hydrogens (tertiary/aromatic N) is 2. The summed E-state index contributed by atoms with van der Waals surface area (Å²) in [4.78, 5) is 9.21. The molecule has 1 aromatic heterocycles. The molecule has 1 heterocycles. The van der Waals surface area contributed by atoms with E-state index in [0.717, 1.165) is 11.1 Å². The zero-order valence-electron chi connectivity index (χ0n) is 14.6. The first-order valence-corrected chi connectivity index (χ1v) is 9.85. The number of hydrogen-bond acceptors (Lipinski definition) is 5. The van der Waals surface area contributed by atoms with Gasteiger partial charge >= 0.3 is 7.60 Å². The van der Waals surface area contributed by atoms with Crippen molar-refractivity contribution >= 4 is 23.9 Å². The number of aromatic nitrogens is 2. The van der Waals surface area contributed by atoms with Crippen LogP contribution in [0.5, 0.6) is 0 Å². The van der Waals surface area contributed by atoms with E-state index in [4.69, 9.17) is 9.05 Å². The molecule has 0 saturated carbocycles. The monoisotopic (exact) mass is 356 g/mol. The number of aryl methyl sites for hydroxylation is 1. The van der Waals surface area contributed by atoms with Crippen LogP contribution < -0.4 is 5.44 Å². The quantitative estimate of drug-likeness (QED) is 0.609. The zero-order chi connectivity index (χ0) is 17.9. The Kier molecular flexibility index (Phi) is 5.28. The summed E-state index contributed by atoms with van der Waals surface area (Å²) in [7, 11) is -3.53.